The lowest BCUT2D eigenvalue weighted by Gasteiger charge is -2.06. The first kappa shape index (κ1) is 12.1. The minimum absolute atomic E-state index is 0.162. The maximum Gasteiger partial charge on any atom is 0.358 e. The van der Waals surface area contributed by atoms with E-state index in [1.165, 1.54) is 12.3 Å². The zero-order valence-electron chi connectivity index (χ0n) is 10.2. The van der Waals surface area contributed by atoms with Crippen LogP contribution in [0.5, 0.6) is 0 Å². The Kier molecular flexibility index (Phi) is 2.79. The van der Waals surface area contributed by atoms with Gasteiger partial charge in [0.05, 0.1) is 11.7 Å². The number of hydrogen-bond donors (Lipinski definition) is 1. The van der Waals surface area contributed by atoms with E-state index in [2.05, 4.69) is 10.3 Å². The van der Waals surface area contributed by atoms with Crippen LogP contribution in [0.1, 0.15) is 16.2 Å². The van der Waals surface area contributed by atoms with Crippen LogP contribution >= 0.6 is 0 Å². The Morgan fingerprint density at radius 3 is 2.90 bits per heavy atom. The number of carbonyl (C=O) groups is 1. The quantitative estimate of drug-likeness (QED) is 0.766. The van der Waals surface area contributed by atoms with E-state index in [0.717, 1.165) is 0 Å². The fourth-order valence-electron chi connectivity index (χ4n) is 1.92. The van der Waals surface area contributed by atoms with Gasteiger partial charge in [0.1, 0.15) is 6.54 Å². The third kappa shape index (κ3) is 2.05. The molecule has 0 aliphatic heterocycles. The highest BCUT2D eigenvalue weighted by atomic mass is 16.5. The number of para-hydroxylation sites is 1. The molecule has 100 valence electrons. The predicted octanol–water partition coefficient (Wildman–Crippen LogP) is 1.13. The first-order valence-corrected chi connectivity index (χ1v) is 5.79. The van der Waals surface area contributed by atoms with Crippen LogP contribution in [0.4, 0.5) is 0 Å². The highest BCUT2D eigenvalue weighted by molar-refractivity contribution is 5.85. The van der Waals surface area contributed by atoms with Crippen molar-refractivity contribution in [3.63, 3.8) is 0 Å². The zero-order chi connectivity index (χ0) is 14.1. The van der Waals surface area contributed by atoms with Crippen LogP contribution in [0.25, 0.3) is 10.9 Å². The predicted molar refractivity (Wildman–Crippen MR) is 68.6 cm³/mol. The number of hydrogen-bond acceptors (Lipinski definition) is 5. The molecule has 1 aromatic carbocycles. The van der Waals surface area contributed by atoms with Crippen molar-refractivity contribution in [2.45, 2.75) is 6.54 Å². The first-order valence-electron chi connectivity index (χ1n) is 5.79. The monoisotopic (exact) mass is 271 g/mol. The molecule has 3 aromatic rings. The van der Waals surface area contributed by atoms with Gasteiger partial charge in [-0.3, -0.25) is 9.48 Å². The van der Waals surface area contributed by atoms with Crippen molar-refractivity contribution < 1.29 is 14.4 Å². The van der Waals surface area contributed by atoms with Crippen LogP contribution in [-0.4, -0.2) is 26.0 Å². The van der Waals surface area contributed by atoms with E-state index in [-0.39, 0.29) is 17.7 Å². The highest BCUT2D eigenvalue weighted by Gasteiger charge is 2.12. The number of fused-ring (bicyclic) bond motifs is 1. The van der Waals surface area contributed by atoms with Crippen molar-refractivity contribution >= 4 is 16.9 Å². The molecular weight excluding hydrogens is 262 g/mol. The Labute approximate surface area is 112 Å². The van der Waals surface area contributed by atoms with Crippen molar-refractivity contribution in [1.29, 1.82) is 0 Å². The number of nitrogens with zero attached hydrogens (tertiary/aromatic N) is 3. The van der Waals surface area contributed by atoms with Gasteiger partial charge >= 0.3 is 5.97 Å². The van der Waals surface area contributed by atoms with Crippen LogP contribution in [-0.2, 0) is 6.54 Å². The lowest BCUT2D eigenvalue weighted by molar-refractivity contribution is 0.0685. The van der Waals surface area contributed by atoms with E-state index in [1.807, 2.05) is 0 Å². The van der Waals surface area contributed by atoms with Crippen LogP contribution in [0.15, 0.2) is 45.8 Å². The minimum atomic E-state index is -1.15. The standard InChI is InChI=1S/C13H9N3O4/c17-12-6-14-16(11-4-2-1-3-9(11)12)7-8-5-10(13(18)19)15-20-8/h1-6H,7H2,(H,18,19). The second-order valence-electron chi connectivity index (χ2n) is 4.17. The Balaban J connectivity index is 2.04. The van der Waals surface area contributed by atoms with Gasteiger partial charge in [-0.05, 0) is 12.1 Å². The summed E-state index contributed by atoms with van der Waals surface area (Å²) in [4.78, 5) is 22.4. The van der Waals surface area contributed by atoms with Gasteiger partial charge in [-0.15, -0.1) is 0 Å². The molecule has 20 heavy (non-hydrogen) atoms. The zero-order valence-corrected chi connectivity index (χ0v) is 10.2. The van der Waals surface area contributed by atoms with Gasteiger partial charge in [-0.25, -0.2) is 4.79 Å². The summed E-state index contributed by atoms with van der Waals surface area (Å²) in [6.45, 7) is 0.196. The van der Waals surface area contributed by atoms with Crippen molar-refractivity contribution in [3.8, 4) is 0 Å². The maximum atomic E-state index is 11.7. The Bertz CT molecular complexity index is 850. The van der Waals surface area contributed by atoms with Gasteiger partial charge in [0.25, 0.3) is 0 Å². The smallest absolute Gasteiger partial charge is 0.358 e. The molecule has 0 saturated carbocycles. The summed E-state index contributed by atoms with van der Waals surface area (Å²) in [5, 5.41) is 16.8. The van der Waals surface area contributed by atoms with Crippen LogP contribution < -0.4 is 5.43 Å². The summed E-state index contributed by atoms with van der Waals surface area (Å²) in [5.41, 5.74) is 0.319. The summed E-state index contributed by atoms with van der Waals surface area (Å²) >= 11 is 0. The molecule has 2 heterocycles. The molecule has 0 saturated heterocycles. The third-order valence-electron chi connectivity index (χ3n) is 2.85. The van der Waals surface area contributed by atoms with Gasteiger partial charge in [-0.1, -0.05) is 17.3 Å². The normalized spacial score (nSPS) is 10.8. The Hall–Kier alpha value is -2.96. The number of carboxylic acid groups (broad SMARTS) is 1. The number of benzene rings is 1. The topological polar surface area (TPSA) is 98.2 Å². The molecule has 0 amide bonds. The third-order valence-corrected chi connectivity index (χ3v) is 2.85. The van der Waals surface area contributed by atoms with E-state index in [1.54, 1.807) is 28.9 Å². The second-order valence-corrected chi connectivity index (χ2v) is 4.17. The summed E-state index contributed by atoms with van der Waals surface area (Å²) in [7, 11) is 0. The van der Waals surface area contributed by atoms with Gasteiger partial charge in [0.2, 0.25) is 5.43 Å². The van der Waals surface area contributed by atoms with Gasteiger partial charge < -0.3 is 9.63 Å². The molecule has 0 fully saturated rings. The summed E-state index contributed by atoms with van der Waals surface area (Å²) in [6.07, 6.45) is 1.22. The minimum Gasteiger partial charge on any atom is -0.476 e. The highest BCUT2D eigenvalue weighted by Crippen LogP contribution is 2.11. The molecule has 7 heteroatoms. The lowest BCUT2D eigenvalue weighted by Crippen LogP contribution is -2.12. The van der Waals surface area contributed by atoms with Crippen LogP contribution in [0.2, 0.25) is 0 Å². The fourth-order valence-corrected chi connectivity index (χ4v) is 1.92. The molecule has 0 spiro atoms. The van der Waals surface area contributed by atoms with Crippen molar-refractivity contribution in [2.24, 2.45) is 0 Å². The summed E-state index contributed by atoms with van der Waals surface area (Å²) in [5.74, 6) is -0.804. The summed E-state index contributed by atoms with van der Waals surface area (Å²) in [6, 6.07) is 8.36. The maximum absolute atomic E-state index is 11.7. The Morgan fingerprint density at radius 2 is 2.15 bits per heavy atom. The Morgan fingerprint density at radius 1 is 1.35 bits per heavy atom. The molecule has 0 aliphatic rings. The largest absolute Gasteiger partial charge is 0.476 e. The molecule has 7 nitrogen and oxygen atoms in total. The molecule has 0 unspecified atom stereocenters. The molecule has 0 aliphatic carbocycles. The average Bonchev–Trinajstić information content (AvgIpc) is 2.91. The van der Waals surface area contributed by atoms with E-state index < -0.39 is 5.97 Å². The fraction of sp³-hybridized carbons (Fsp3) is 0.0769. The average molecular weight is 271 g/mol. The van der Waals surface area contributed by atoms with Gasteiger partial charge in [-0.2, -0.15) is 5.10 Å². The molecule has 0 bridgehead atoms. The van der Waals surface area contributed by atoms with E-state index >= 15 is 0 Å². The number of aromatic carboxylic acids is 1. The first-order chi connectivity index (χ1) is 9.65. The molecular formula is C13H9N3O4. The molecule has 1 N–H and O–H groups in total. The van der Waals surface area contributed by atoms with Gasteiger partial charge in [0, 0.05) is 11.5 Å². The molecule has 2 aromatic heterocycles. The van der Waals surface area contributed by atoms with Crippen molar-refractivity contribution in [3.05, 3.63) is 58.2 Å². The molecule has 3 rings (SSSR count). The number of aromatic nitrogens is 3. The second kappa shape index (κ2) is 4.61. The van der Waals surface area contributed by atoms with Gasteiger partial charge in [0.15, 0.2) is 11.5 Å². The SMILES string of the molecule is O=C(O)c1cc(Cn2ncc(=O)c3ccccc32)on1. The van der Waals surface area contributed by atoms with Crippen molar-refractivity contribution in [2.75, 3.05) is 0 Å². The van der Waals surface area contributed by atoms with Crippen LogP contribution in [0.3, 0.4) is 0 Å². The number of carboxylic acids is 1. The van der Waals surface area contributed by atoms with E-state index in [0.29, 0.717) is 16.7 Å². The molecule has 0 radical (unpaired) electrons. The lowest BCUT2D eigenvalue weighted by atomic mass is 10.2. The van der Waals surface area contributed by atoms with Crippen LogP contribution in [0, 0.1) is 0 Å². The van der Waals surface area contributed by atoms with Crippen molar-refractivity contribution in [1.82, 2.24) is 14.9 Å². The number of rotatable bonds is 3. The summed E-state index contributed by atoms with van der Waals surface area (Å²) < 4.78 is 6.50. The molecule has 0 atom stereocenters. The van der Waals surface area contributed by atoms with E-state index in [9.17, 15) is 9.59 Å². The van der Waals surface area contributed by atoms with E-state index in [4.69, 9.17) is 9.63 Å².